The summed E-state index contributed by atoms with van der Waals surface area (Å²) >= 11 is 6.39. The van der Waals surface area contributed by atoms with Gasteiger partial charge in [-0.15, -0.1) is 11.6 Å². The monoisotopic (exact) mass is 285 g/mol. The van der Waals surface area contributed by atoms with Gasteiger partial charge in [0.25, 0.3) is 0 Å². The molecule has 1 nitrogen and oxygen atoms in total. The van der Waals surface area contributed by atoms with E-state index in [4.69, 9.17) is 11.6 Å². The van der Waals surface area contributed by atoms with Crippen molar-refractivity contribution >= 4 is 11.6 Å². The summed E-state index contributed by atoms with van der Waals surface area (Å²) in [5, 5.41) is 0.287. The third-order valence-electron chi connectivity index (χ3n) is 4.21. The molecule has 0 saturated carbocycles. The van der Waals surface area contributed by atoms with Gasteiger partial charge < -0.3 is 0 Å². The highest BCUT2D eigenvalue weighted by Crippen LogP contribution is 2.38. The van der Waals surface area contributed by atoms with Gasteiger partial charge in [-0.3, -0.25) is 4.90 Å². The second-order valence-corrected chi connectivity index (χ2v) is 5.97. The van der Waals surface area contributed by atoms with E-state index in [0.717, 1.165) is 13.0 Å². The van der Waals surface area contributed by atoms with Crippen LogP contribution in [0.5, 0.6) is 0 Å². The number of benzene rings is 2. The van der Waals surface area contributed by atoms with Crippen LogP contribution in [0.4, 0.5) is 0 Å². The first-order chi connectivity index (χ1) is 9.81. The van der Waals surface area contributed by atoms with E-state index >= 15 is 0 Å². The third kappa shape index (κ3) is 2.48. The van der Waals surface area contributed by atoms with Gasteiger partial charge in [-0.05, 0) is 17.5 Å². The Morgan fingerprint density at radius 2 is 1.50 bits per heavy atom. The lowest BCUT2D eigenvalue weighted by molar-refractivity contribution is 0.0603. The van der Waals surface area contributed by atoms with E-state index < -0.39 is 0 Å². The third-order valence-corrected chi connectivity index (χ3v) is 4.64. The van der Waals surface area contributed by atoms with Gasteiger partial charge in [-0.25, -0.2) is 0 Å². The maximum atomic E-state index is 6.39. The highest BCUT2D eigenvalue weighted by atomic mass is 35.5. The molecule has 2 atom stereocenters. The van der Waals surface area contributed by atoms with Crippen molar-refractivity contribution in [3.8, 4) is 0 Å². The normalized spacial score (nSPS) is 22.8. The van der Waals surface area contributed by atoms with Crippen LogP contribution in [-0.4, -0.2) is 22.9 Å². The van der Waals surface area contributed by atoms with Crippen molar-refractivity contribution in [2.24, 2.45) is 0 Å². The Kier molecular flexibility index (Phi) is 4.09. The van der Waals surface area contributed by atoms with Gasteiger partial charge in [-0.2, -0.15) is 0 Å². The van der Waals surface area contributed by atoms with Gasteiger partial charge in [0.2, 0.25) is 0 Å². The molecule has 0 aromatic heterocycles. The zero-order valence-corrected chi connectivity index (χ0v) is 12.5. The fourth-order valence-corrected chi connectivity index (χ4v) is 3.64. The van der Waals surface area contributed by atoms with Crippen LogP contribution in [0.3, 0.4) is 0 Å². The molecule has 1 heterocycles. The summed E-state index contributed by atoms with van der Waals surface area (Å²) in [5.74, 6) is 0. The Bertz CT molecular complexity index is 500. The van der Waals surface area contributed by atoms with Crippen LogP contribution in [0.2, 0.25) is 0 Å². The van der Waals surface area contributed by atoms with Crippen LogP contribution in [0.1, 0.15) is 30.5 Å². The molecule has 1 aliphatic heterocycles. The molecular weight excluding hydrogens is 266 g/mol. The van der Waals surface area contributed by atoms with Crippen molar-refractivity contribution in [1.29, 1.82) is 0 Å². The first-order valence-corrected chi connectivity index (χ1v) is 7.74. The molecule has 0 N–H and O–H groups in total. The number of hydrogen-bond donors (Lipinski definition) is 0. The molecule has 3 rings (SSSR count). The summed E-state index contributed by atoms with van der Waals surface area (Å²) in [4.78, 5) is 2.53. The second kappa shape index (κ2) is 5.99. The molecule has 0 radical (unpaired) electrons. The van der Waals surface area contributed by atoms with E-state index in [2.05, 4.69) is 72.5 Å². The predicted molar refractivity (Wildman–Crippen MR) is 85.2 cm³/mol. The van der Waals surface area contributed by atoms with Crippen molar-refractivity contribution in [1.82, 2.24) is 4.90 Å². The van der Waals surface area contributed by atoms with E-state index in [1.165, 1.54) is 11.1 Å². The number of rotatable bonds is 4. The maximum Gasteiger partial charge on any atom is 0.0619 e. The highest BCUT2D eigenvalue weighted by molar-refractivity contribution is 6.21. The fraction of sp³-hybridized carbons (Fsp3) is 0.333. The first-order valence-electron chi connectivity index (χ1n) is 7.31. The minimum absolute atomic E-state index is 0.287. The van der Waals surface area contributed by atoms with E-state index in [1.54, 1.807) is 0 Å². The Hall–Kier alpha value is -1.31. The molecule has 1 saturated heterocycles. The Morgan fingerprint density at radius 3 is 1.90 bits per heavy atom. The van der Waals surface area contributed by atoms with Gasteiger partial charge in [-0.1, -0.05) is 67.6 Å². The van der Waals surface area contributed by atoms with Crippen molar-refractivity contribution in [2.45, 2.75) is 30.8 Å². The van der Waals surface area contributed by atoms with Crippen LogP contribution in [0.15, 0.2) is 60.7 Å². The molecule has 1 fully saturated rings. The van der Waals surface area contributed by atoms with E-state index in [0.29, 0.717) is 12.1 Å². The number of hydrogen-bond acceptors (Lipinski definition) is 1. The topological polar surface area (TPSA) is 3.24 Å². The molecule has 0 amide bonds. The molecule has 20 heavy (non-hydrogen) atoms. The van der Waals surface area contributed by atoms with Crippen LogP contribution >= 0.6 is 11.6 Å². The molecule has 1 aliphatic rings. The fourth-order valence-electron chi connectivity index (χ4n) is 3.16. The molecule has 0 bridgehead atoms. The summed E-state index contributed by atoms with van der Waals surface area (Å²) in [6.07, 6.45) is 1.10. The quantitative estimate of drug-likeness (QED) is 0.749. The molecule has 2 heteroatoms. The molecule has 2 aromatic carbocycles. The van der Waals surface area contributed by atoms with Crippen molar-refractivity contribution in [2.75, 3.05) is 6.54 Å². The maximum absolute atomic E-state index is 6.39. The zero-order chi connectivity index (χ0) is 13.9. The van der Waals surface area contributed by atoms with Gasteiger partial charge in [0.15, 0.2) is 0 Å². The summed E-state index contributed by atoms with van der Waals surface area (Å²) in [6, 6.07) is 22.3. The second-order valence-electron chi connectivity index (χ2n) is 5.41. The molecule has 0 spiro atoms. The molecule has 2 aromatic rings. The van der Waals surface area contributed by atoms with Crippen molar-refractivity contribution in [3.05, 3.63) is 71.8 Å². The van der Waals surface area contributed by atoms with Gasteiger partial charge >= 0.3 is 0 Å². The Labute approximate surface area is 126 Å². The SMILES string of the molecule is CCC1C(Cl)CN1C(c1ccccc1)c1ccccc1. The minimum atomic E-state index is 0.287. The van der Waals surface area contributed by atoms with Crippen LogP contribution < -0.4 is 0 Å². The average molecular weight is 286 g/mol. The molecular formula is C18H20ClN. The number of halogens is 1. The smallest absolute Gasteiger partial charge is 0.0619 e. The lowest BCUT2D eigenvalue weighted by Gasteiger charge is -2.49. The highest BCUT2D eigenvalue weighted by Gasteiger charge is 2.41. The minimum Gasteiger partial charge on any atom is -0.286 e. The summed E-state index contributed by atoms with van der Waals surface area (Å²) < 4.78 is 0. The van der Waals surface area contributed by atoms with Crippen molar-refractivity contribution < 1.29 is 0 Å². The molecule has 0 aliphatic carbocycles. The Balaban J connectivity index is 1.97. The van der Waals surface area contributed by atoms with E-state index in [1.807, 2.05) is 0 Å². The Morgan fingerprint density at radius 1 is 1.00 bits per heavy atom. The summed E-state index contributed by atoms with van der Waals surface area (Å²) in [5.41, 5.74) is 2.70. The standard InChI is InChI=1S/C18H20ClN/c1-2-17-16(19)13-20(17)18(14-9-5-3-6-10-14)15-11-7-4-8-12-15/h3-12,16-18H,2,13H2,1H3. The van der Waals surface area contributed by atoms with E-state index in [9.17, 15) is 0 Å². The number of likely N-dealkylation sites (tertiary alicyclic amines) is 1. The lowest BCUT2D eigenvalue weighted by Crippen LogP contribution is -2.58. The van der Waals surface area contributed by atoms with Gasteiger partial charge in [0.05, 0.1) is 11.4 Å². The van der Waals surface area contributed by atoms with Crippen molar-refractivity contribution in [3.63, 3.8) is 0 Å². The predicted octanol–water partition coefficient (Wildman–Crippen LogP) is 4.48. The van der Waals surface area contributed by atoms with E-state index in [-0.39, 0.29) is 5.38 Å². The number of alkyl halides is 1. The zero-order valence-electron chi connectivity index (χ0n) is 11.7. The molecule has 104 valence electrons. The van der Waals surface area contributed by atoms with Gasteiger partial charge in [0, 0.05) is 12.6 Å². The van der Waals surface area contributed by atoms with Crippen LogP contribution in [-0.2, 0) is 0 Å². The number of nitrogens with zero attached hydrogens (tertiary/aromatic N) is 1. The first kappa shape index (κ1) is 13.7. The summed E-state index contributed by atoms with van der Waals surface area (Å²) in [6.45, 7) is 3.19. The largest absolute Gasteiger partial charge is 0.286 e. The lowest BCUT2D eigenvalue weighted by atomic mass is 9.89. The van der Waals surface area contributed by atoms with Crippen LogP contribution in [0.25, 0.3) is 0 Å². The average Bonchev–Trinajstić information content (AvgIpc) is 2.49. The molecule has 2 unspecified atom stereocenters. The van der Waals surface area contributed by atoms with Crippen LogP contribution in [0, 0.1) is 0 Å². The van der Waals surface area contributed by atoms with Gasteiger partial charge in [0.1, 0.15) is 0 Å². The summed E-state index contributed by atoms with van der Waals surface area (Å²) in [7, 11) is 0.